The Labute approximate surface area is 204 Å². The largest absolute Gasteiger partial charge is 0.491 e. The molecule has 3 rings (SSSR count). The number of rotatable bonds is 8. The van der Waals surface area contributed by atoms with Gasteiger partial charge in [-0.15, -0.1) is 0 Å². The molecule has 0 saturated carbocycles. The first-order valence-corrected chi connectivity index (χ1v) is 12.7. The maximum Gasteiger partial charge on any atom is 0.255 e. The normalized spacial score (nSPS) is 11.3. The monoisotopic (exact) mass is 506 g/mol. The smallest absolute Gasteiger partial charge is 0.255 e. The quantitative estimate of drug-likeness (QED) is 0.406. The van der Waals surface area contributed by atoms with Crippen LogP contribution in [0.15, 0.2) is 66.7 Å². The lowest BCUT2D eigenvalue weighted by atomic mass is 10.1. The molecule has 0 radical (unpaired) electrons. The Hall–Kier alpha value is -2.74. The van der Waals surface area contributed by atoms with E-state index in [1.165, 1.54) is 4.31 Å². The molecule has 0 aromatic heterocycles. The van der Waals surface area contributed by atoms with Gasteiger partial charge in [0.25, 0.3) is 5.91 Å². The molecule has 1 N–H and O–H groups in total. The summed E-state index contributed by atoms with van der Waals surface area (Å²) in [6, 6.07) is 18.6. The van der Waals surface area contributed by atoms with E-state index in [1.54, 1.807) is 60.7 Å². The molecule has 0 aliphatic rings. The van der Waals surface area contributed by atoms with E-state index >= 15 is 0 Å². The van der Waals surface area contributed by atoms with Gasteiger partial charge in [-0.25, -0.2) is 8.42 Å². The summed E-state index contributed by atoms with van der Waals surface area (Å²) in [4.78, 5) is 12.7. The fourth-order valence-corrected chi connectivity index (χ4v) is 4.46. The van der Waals surface area contributed by atoms with Crippen molar-refractivity contribution < 1.29 is 17.9 Å². The average Bonchev–Trinajstić information content (AvgIpc) is 2.74. The SMILES string of the molecule is CC(C)Oc1cccc(NC(=O)c2ccc(CN(c3cccc(Cl)c3Cl)S(C)(=O)=O)cc2)c1. The third-order valence-electron chi connectivity index (χ3n) is 4.61. The number of nitrogens with zero attached hydrogens (tertiary/aromatic N) is 1. The highest BCUT2D eigenvalue weighted by Gasteiger charge is 2.21. The van der Waals surface area contributed by atoms with Gasteiger partial charge >= 0.3 is 0 Å². The van der Waals surface area contributed by atoms with Crippen LogP contribution in [0.5, 0.6) is 5.75 Å². The Morgan fingerprint density at radius 3 is 2.33 bits per heavy atom. The first kappa shape index (κ1) is 24.9. The summed E-state index contributed by atoms with van der Waals surface area (Å²) in [5.41, 5.74) is 2.01. The topological polar surface area (TPSA) is 75.7 Å². The summed E-state index contributed by atoms with van der Waals surface area (Å²) >= 11 is 12.3. The highest BCUT2D eigenvalue weighted by Crippen LogP contribution is 2.34. The summed E-state index contributed by atoms with van der Waals surface area (Å²) in [6.45, 7) is 3.89. The standard InChI is InChI=1S/C24H24Cl2N2O4S/c1-16(2)32-20-7-4-6-19(14-20)27-24(29)18-12-10-17(11-13-18)15-28(33(3,30)31)22-9-5-8-21(25)23(22)26/h4-14,16H,15H2,1-3H3,(H,27,29). The lowest BCUT2D eigenvalue weighted by Crippen LogP contribution is -2.29. The molecule has 0 unspecified atom stereocenters. The number of carbonyl (C=O) groups excluding carboxylic acids is 1. The molecule has 3 aromatic rings. The molecule has 9 heteroatoms. The van der Waals surface area contributed by atoms with E-state index in [0.717, 1.165) is 6.26 Å². The van der Waals surface area contributed by atoms with Crippen molar-refractivity contribution in [3.63, 3.8) is 0 Å². The molecule has 0 bridgehead atoms. The summed E-state index contributed by atoms with van der Waals surface area (Å²) in [7, 11) is -3.64. The molecular weight excluding hydrogens is 483 g/mol. The van der Waals surface area contributed by atoms with Crippen LogP contribution in [-0.2, 0) is 16.6 Å². The van der Waals surface area contributed by atoms with Crippen molar-refractivity contribution in [2.45, 2.75) is 26.5 Å². The van der Waals surface area contributed by atoms with Crippen molar-refractivity contribution in [1.82, 2.24) is 0 Å². The van der Waals surface area contributed by atoms with Crippen molar-refractivity contribution in [2.24, 2.45) is 0 Å². The number of carbonyl (C=O) groups is 1. The molecule has 0 saturated heterocycles. The van der Waals surface area contributed by atoms with Crippen molar-refractivity contribution in [2.75, 3.05) is 15.9 Å². The van der Waals surface area contributed by atoms with Crippen LogP contribution in [0.2, 0.25) is 10.0 Å². The molecule has 0 aliphatic carbocycles. The van der Waals surface area contributed by atoms with Gasteiger partial charge in [-0.2, -0.15) is 0 Å². The first-order valence-electron chi connectivity index (χ1n) is 10.1. The first-order chi connectivity index (χ1) is 15.5. The minimum atomic E-state index is -3.64. The van der Waals surface area contributed by atoms with E-state index in [4.69, 9.17) is 27.9 Å². The zero-order chi connectivity index (χ0) is 24.2. The average molecular weight is 507 g/mol. The minimum Gasteiger partial charge on any atom is -0.491 e. The molecule has 174 valence electrons. The second kappa shape index (κ2) is 10.5. The van der Waals surface area contributed by atoms with Crippen LogP contribution in [0.1, 0.15) is 29.8 Å². The Kier molecular flexibility index (Phi) is 7.89. The Bertz CT molecular complexity index is 1250. The number of benzene rings is 3. The zero-order valence-electron chi connectivity index (χ0n) is 18.4. The van der Waals surface area contributed by atoms with Crippen LogP contribution in [0.25, 0.3) is 0 Å². The lowest BCUT2D eigenvalue weighted by molar-refractivity contribution is 0.102. The van der Waals surface area contributed by atoms with Crippen LogP contribution >= 0.6 is 23.2 Å². The van der Waals surface area contributed by atoms with Gasteiger partial charge in [0.2, 0.25) is 10.0 Å². The number of ether oxygens (including phenoxy) is 1. The fourth-order valence-electron chi connectivity index (χ4n) is 3.12. The third kappa shape index (κ3) is 6.63. The Morgan fingerprint density at radius 2 is 1.70 bits per heavy atom. The number of hydrogen-bond donors (Lipinski definition) is 1. The summed E-state index contributed by atoms with van der Waals surface area (Å²) in [5.74, 6) is 0.375. The molecule has 0 heterocycles. The van der Waals surface area contributed by atoms with Crippen LogP contribution in [0.3, 0.4) is 0 Å². The van der Waals surface area contributed by atoms with Crippen molar-refractivity contribution in [3.8, 4) is 5.75 Å². The second-order valence-corrected chi connectivity index (χ2v) is 10.4. The van der Waals surface area contributed by atoms with E-state index < -0.39 is 10.0 Å². The molecule has 0 atom stereocenters. The molecular formula is C24H24Cl2N2O4S. The molecule has 0 aliphatic heterocycles. The molecule has 0 fully saturated rings. The van der Waals surface area contributed by atoms with Gasteiger partial charge in [-0.05, 0) is 55.8 Å². The highest BCUT2D eigenvalue weighted by atomic mass is 35.5. The van der Waals surface area contributed by atoms with Crippen LogP contribution in [-0.4, -0.2) is 26.7 Å². The molecule has 1 amide bonds. The van der Waals surface area contributed by atoms with Crippen molar-refractivity contribution in [1.29, 1.82) is 0 Å². The number of nitrogens with one attached hydrogen (secondary N) is 1. The Morgan fingerprint density at radius 1 is 1.03 bits per heavy atom. The molecule has 0 spiro atoms. The van der Waals surface area contributed by atoms with Gasteiger partial charge in [0.05, 0.1) is 34.6 Å². The van der Waals surface area contributed by atoms with Gasteiger partial charge in [-0.1, -0.05) is 47.5 Å². The van der Waals surface area contributed by atoms with Crippen LogP contribution in [0, 0.1) is 0 Å². The number of hydrogen-bond acceptors (Lipinski definition) is 4. The van der Waals surface area contributed by atoms with E-state index in [1.807, 2.05) is 19.9 Å². The Balaban J connectivity index is 1.76. The van der Waals surface area contributed by atoms with Crippen LogP contribution in [0.4, 0.5) is 11.4 Å². The maximum atomic E-state index is 12.7. The summed E-state index contributed by atoms with van der Waals surface area (Å²) in [5, 5.41) is 3.26. The fraction of sp³-hybridized carbons (Fsp3) is 0.208. The predicted octanol–water partition coefficient (Wildman–Crippen LogP) is 6.00. The maximum absolute atomic E-state index is 12.7. The van der Waals surface area contributed by atoms with E-state index in [0.29, 0.717) is 22.6 Å². The van der Waals surface area contributed by atoms with E-state index in [9.17, 15) is 13.2 Å². The van der Waals surface area contributed by atoms with Gasteiger partial charge < -0.3 is 10.1 Å². The molecule has 33 heavy (non-hydrogen) atoms. The zero-order valence-corrected chi connectivity index (χ0v) is 20.7. The third-order valence-corrected chi connectivity index (χ3v) is 6.54. The second-order valence-electron chi connectivity index (χ2n) is 7.69. The van der Waals surface area contributed by atoms with E-state index in [-0.39, 0.29) is 34.3 Å². The number of sulfonamides is 1. The van der Waals surface area contributed by atoms with E-state index in [2.05, 4.69) is 5.32 Å². The van der Waals surface area contributed by atoms with Gasteiger partial charge in [-0.3, -0.25) is 9.10 Å². The number of amides is 1. The highest BCUT2D eigenvalue weighted by molar-refractivity contribution is 7.92. The molecule has 6 nitrogen and oxygen atoms in total. The van der Waals surface area contributed by atoms with Crippen molar-refractivity contribution >= 4 is 50.5 Å². The lowest BCUT2D eigenvalue weighted by Gasteiger charge is -2.24. The van der Waals surface area contributed by atoms with Gasteiger partial charge in [0, 0.05) is 17.3 Å². The van der Waals surface area contributed by atoms with Gasteiger partial charge in [0.15, 0.2) is 0 Å². The summed E-state index contributed by atoms with van der Waals surface area (Å²) in [6.07, 6.45) is 1.13. The van der Waals surface area contributed by atoms with Crippen molar-refractivity contribution in [3.05, 3.63) is 87.9 Å². The number of halogens is 2. The van der Waals surface area contributed by atoms with Gasteiger partial charge in [0.1, 0.15) is 5.75 Å². The summed E-state index contributed by atoms with van der Waals surface area (Å²) < 4.78 is 31.7. The minimum absolute atomic E-state index is 0.0248. The van der Waals surface area contributed by atoms with Crippen LogP contribution < -0.4 is 14.4 Å². The predicted molar refractivity (Wildman–Crippen MR) is 134 cm³/mol. The number of anilines is 2. The molecule has 3 aromatic carbocycles.